The second-order valence-corrected chi connectivity index (χ2v) is 5.51. The van der Waals surface area contributed by atoms with Crippen LogP contribution in [0.5, 0.6) is 0 Å². The van der Waals surface area contributed by atoms with E-state index in [1.807, 2.05) is 30.3 Å². The molecule has 0 atom stereocenters. The van der Waals surface area contributed by atoms with E-state index < -0.39 is 3.79 Å². The van der Waals surface area contributed by atoms with Crippen LogP contribution in [0.15, 0.2) is 30.3 Å². The van der Waals surface area contributed by atoms with Crippen LogP contribution in [0, 0.1) is 0 Å². The molecule has 0 saturated heterocycles. The highest BCUT2D eigenvalue weighted by atomic mass is 35.6. The Labute approximate surface area is 98.0 Å². The second kappa shape index (κ2) is 5.01. The van der Waals surface area contributed by atoms with Crippen molar-refractivity contribution in [3.8, 4) is 0 Å². The lowest BCUT2D eigenvalue weighted by atomic mass is 10.1. The standard InChI is InChI=1S/C10H9Cl3O/c11-10(12,13)7-9(14)6-8-4-2-1-3-5-8/h1-5H,6-7H2. The van der Waals surface area contributed by atoms with Gasteiger partial charge in [-0.3, -0.25) is 4.79 Å². The fourth-order valence-corrected chi connectivity index (χ4v) is 1.56. The number of carbonyl (C=O) groups excluding carboxylic acids is 1. The van der Waals surface area contributed by atoms with Crippen molar-refractivity contribution in [1.82, 2.24) is 0 Å². The molecule has 0 fully saturated rings. The highest BCUT2D eigenvalue weighted by Crippen LogP contribution is 2.30. The Morgan fingerprint density at radius 1 is 1.14 bits per heavy atom. The second-order valence-electron chi connectivity index (χ2n) is 2.99. The zero-order valence-electron chi connectivity index (χ0n) is 7.34. The first kappa shape index (κ1) is 11.8. The van der Waals surface area contributed by atoms with Gasteiger partial charge >= 0.3 is 0 Å². The van der Waals surface area contributed by atoms with Crippen LogP contribution in [0.25, 0.3) is 0 Å². The summed E-state index contributed by atoms with van der Waals surface area (Å²) in [7, 11) is 0. The summed E-state index contributed by atoms with van der Waals surface area (Å²) in [5, 5.41) is 0. The molecule has 76 valence electrons. The van der Waals surface area contributed by atoms with Crippen molar-refractivity contribution in [2.24, 2.45) is 0 Å². The topological polar surface area (TPSA) is 17.1 Å². The van der Waals surface area contributed by atoms with Crippen LogP contribution in [0.4, 0.5) is 0 Å². The predicted molar refractivity (Wildman–Crippen MR) is 60.1 cm³/mol. The third kappa shape index (κ3) is 4.85. The van der Waals surface area contributed by atoms with Crippen LogP contribution in [0.2, 0.25) is 0 Å². The molecular weight excluding hydrogens is 242 g/mol. The lowest BCUT2D eigenvalue weighted by Crippen LogP contribution is -2.13. The minimum absolute atomic E-state index is 0.0490. The zero-order chi connectivity index (χ0) is 10.6. The molecule has 0 unspecified atom stereocenters. The summed E-state index contributed by atoms with van der Waals surface area (Å²) in [4.78, 5) is 11.4. The van der Waals surface area contributed by atoms with Gasteiger partial charge in [0.1, 0.15) is 5.78 Å². The molecule has 0 aliphatic rings. The monoisotopic (exact) mass is 250 g/mol. The highest BCUT2D eigenvalue weighted by molar-refractivity contribution is 6.68. The first-order valence-electron chi connectivity index (χ1n) is 4.10. The molecule has 0 aromatic heterocycles. The van der Waals surface area contributed by atoms with Crippen LogP contribution >= 0.6 is 34.8 Å². The molecule has 0 spiro atoms. The number of rotatable bonds is 3. The molecule has 4 heteroatoms. The van der Waals surface area contributed by atoms with Crippen LogP contribution < -0.4 is 0 Å². The Balaban J connectivity index is 2.50. The van der Waals surface area contributed by atoms with Gasteiger partial charge < -0.3 is 0 Å². The van der Waals surface area contributed by atoms with Crippen molar-refractivity contribution in [2.75, 3.05) is 0 Å². The smallest absolute Gasteiger partial charge is 0.197 e. The van der Waals surface area contributed by atoms with Gasteiger partial charge in [0.05, 0.1) is 6.42 Å². The normalized spacial score (nSPS) is 11.4. The number of carbonyl (C=O) groups is 1. The number of benzene rings is 1. The van der Waals surface area contributed by atoms with Crippen molar-refractivity contribution in [3.63, 3.8) is 0 Å². The molecule has 0 heterocycles. The van der Waals surface area contributed by atoms with Gasteiger partial charge in [-0.05, 0) is 5.56 Å². The third-order valence-corrected chi connectivity index (χ3v) is 2.04. The average molecular weight is 252 g/mol. The molecule has 0 aliphatic carbocycles. The van der Waals surface area contributed by atoms with E-state index in [-0.39, 0.29) is 12.2 Å². The number of Topliss-reactive ketones (excluding diaryl/α,β-unsaturated/α-hetero) is 1. The molecule has 0 saturated carbocycles. The molecule has 1 aromatic carbocycles. The van der Waals surface area contributed by atoms with Gasteiger partial charge in [0.25, 0.3) is 0 Å². The lowest BCUT2D eigenvalue weighted by molar-refractivity contribution is -0.118. The molecular formula is C10H9Cl3O. The molecule has 14 heavy (non-hydrogen) atoms. The summed E-state index contributed by atoms with van der Waals surface area (Å²) in [6, 6.07) is 9.38. The molecule has 0 bridgehead atoms. The van der Waals surface area contributed by atoms with E-state index in [0.717, 1.165) is 5.56 Å². The minimum Gasteiger partial charge on any atom is -0.299 e. The van der Waals surface area contributed by atoms with Gasteiger partial charge in [-0.15, -0.1) is 0 Å². The quantitative estimate of drug-likeness (QED) is 0.751. The fraction of sp³-hybridized carbons (Fsp3) is 0.300. The van der Waals surface area contributed by atoms with Crippen molar-refractivity contribution >= 4 is 40.6 Å². The van der Waals surface area contributed by atoms with E-state index >= 15 is 0 Å². The molecule has 1 aromatic rings. The van der Waals surface area contributed by atoms with Gasteiger partial charge in [-0.1, -0.05) is 65.1 Å². The number of ketones is 1. The van der Waals surface area contributed by atoms with Gasteiger partial charge in [-0.2, -0.15) is 0 Å². The van der Waals surface area contributed by atoms with Gasteiger partial charge in [0.15, 0.2) is 3.79 Å². The van der Waals surface area contributed by atoms with E-state index in [1.165, 1.54) is 0 Å². The Morgan fingerprint density at radius 2 is 1.71 bits per heavy atom. The lowest BCUT2D eigenvalue weighted by Gasteiger charge is -2.08. The number of alkyl halides is 3. The summed E-state index contributed by atoms with van der Waals surface area (Å²) >= 11 is 16.5. The molecule has 0 amide bonds. The summed E-state index contributed by atoms with van der Waals surface area (Å²) in [6.45, 7) is 0. The van der Waals surface area contributed by atoms with Crippen LogP contribution in [0.1, 0.15) is 12.0 Å². The van der Waals surface area contributed by atoms with Crippen molar-refractivity contribution in [2.45, 2.75) is 16.6 Å². The maximum Gasteiger partial charge on any atom is 0.197 e. The zero-order valence-corrected chi connectivity index (χ0v) is 9.61. The number of halogens is 3. The summed E-state index contributed by atoms with van der Waals surface area (Å²) in [5.74, 6) is -0.0730. The van der Waals surface area contributed by atoms with Gasteiger partial charge in [0, 0.05) is 6.42 Å². The third-order valence-electron chi connectivity index (χ3n) is 1.64. The SMILES string of the molecule is O=C(Cc1ccccc1)CC(Cl)(Cl)Cl. The maximum absolute atomic E-state index is 11.4. The summed E-state index contributed by atoms with van der Waals surface area (Å²) in [5.41, 5.74) is 0.937. The van der Waals surface area contributed by atoms with E-state index in [9.17, 15) is 4.79 Å². The number of hydrogen-bond acceptors (Lipinski definition) is 1. The minimum atomic E-state index is -1.48. The molecule has 0 aliphatic heterocycles. The van der Waals surface area contributed by atoms with Crippen LogP contribution in [-0.2, 0) is 11.2 Å². The Bertz CT molecular complexity index is 303. The number of hydrogen-bond donors (Lipinski definition) is 0. The summed E-state index contributed by atoms with van der Waals surface area (Å²) in [6.07, 6.45) is 0.265. The first-order valence-corrected chi connectivity index (χ1v) is 5.23. The first-order chi connectivity index (χ1) is 6.47. The predicted octanol–water partition coefficient (Wildman–Crippen LogP) is 3.56. The molecule has 0 radical (unpaired) electrons. The average Bonchev–Trinajstić information content (AvgIpc) is 2.02. The Hall–Kier alpha value is -0.240. The Morgan fingerprint density at radius 3 is 2.21 bits per heavy atom. The summed E-state index contributed by atoms with van der Waals surface area (Å²) < 4.78 is -1.48. The van der Waals surface area contributed by atoms with Crippen molar-refractivity contribution in [3.05, 3.63) is 35.9 Å². The molecule has 0 N–H and O–H groups in total. The van der Waals surface area contributed by atoms with E-state index in [0.29, 0.717) is 6.42 Å². The van der Waals surface area contributed by atoms with Crippen molar-refractivity contribution < 1.29 is 4.79 Å². The molecule has 1 nitrogen and oxygen atoms in total. The largest absolute Gasteiger partial charge is 0.299 e. The van der Waals surface area contributed by atoms with E-state index in [2.05, 4.69) is 0 Å². The van der Waals surface area contributed by atoms with Crippen molar-refractivity contribution in [1.29, 1.82) is 0 Å². The Kier molecular flexibility index (Phi) is 4.24. The van der Waals surface area contributed by atoms with E-state index in [4.69, 9.17) is 34.8 Å². The highest BCUT2D eigenvalue weighted by Gasteiger charge is 2.23. The maximum atomic E-state index is 11.4. The van der Waals surface area contributed by atoms with Gasteiger partial charge in [-0.25, -0.2) is 0 Å². The van der Waals surface area contributed by atoms with Crippen LogP contribution in [-0.4, -0.2) is 9.58 Å². The molecule has 1 rings (SSSR count). The van der Waals surface area contributed by atoms with E-state index in [1.54, 1.807) is 0 Å². The van der Waals surface area contributed by atoms with Gasteiger partial charge in [0.2, 0.25) is 0 Å². The van der Waals surface area contributed by atoms with Crippen LogP contribution in [0.3, 0.4) is 0 Å². The fourth-order valence-electron chi connectivity index (χ4n) is 1.11.